The standard InChI is InChI=1S/C82H160O17P2/c1-9-73(6)59-51-43-35-29-23-19-16-17-20-24-31-37-46-54-62-79(84)92-68-77(98-82(87)65-57-49-39-33-27-26-30-36-44-52-60-74(7)10-2)70-96-100(88,89)94-66-76(83)67-95-101(90,91)97-71-78(69-93-80(85)63-55-47-41-40-45-53-61-75(8)11-3)99-81(86)64-56-48-38-32-25-21-15-13-12-14-18-22-28-34-42-50-58-72(4)5/h72-78,83H,9-71H2,1-8H3,(H,88,89)(H,90,91)/t73?,74?,75?,76-,77-,78-/m1/s1. The molecule has 17 nitrogen and oxygen atoms in total. The molecule has 0 bridgehead atoms. The second-order valence-electron chi connectivity index (χ2n) is 30.7. The third-order valence-corrected chi connectivity index (χ3v) is 22.1. The SMILES string of the molecule is CCC(C)CCCCCCCCCCCCCCCCC(=O)OC[C@H](COP(=O)(O)OC[C@@H](O)COP(=O)(O)OC[C@@H](COC(=O)CCCCCCCCC(C)CC)OC(=O)CCCCCCCCCCCCCCCCCCC(C)C)OC(=O)CCCCCCCCCCCCC(C)CC. The number of aliphatic hydroxyl groups excluding tert-OH is 1. The van der Waals surface area contributed by atoms with Crippen LogP contribution in [0.3, 0.4) is 0 Å². The van der Waals surface area contributed by atoms with Crippen LogP contribution in [-0.2, 0) is 65.4 Å². The zero-order chi connectivity index (χ0) is 74.6. The summed E-state index contributed by atoms with van der Waals surface area (Å²) in [6.07, 6.45) is 58.2. The van der Waals surface area contributed by atoms with Gasteiger partial charge in [0, 0.05) is 25.7 Å². The van der Waals surface area contributed by atoms with Gasteiger partial charge in [0.2, 0.25) is 0 Å². The first-order valence-electron chi connectivity index (χ1n) is 42.3. The number of unbranched alkanes of at least 4 members (excludes halogenated alkanes) is 42. The van der Waals surface area contributed by atoms with Crippen LogP contribution in [0.4, 0.5) is 0 Å². The predicted molar refractivity (Wildman–Crippen MR) is 414 cm³/mol. The number of carbonyl (C=O) groups excluding carboxylic acids is 4. The van der Waals surface area contributed by atoms with E-state index in [1.54, 1.807) is 0 Å². The average molecular weight is 1480 g/mol. The van der Waals surface area contributed by atoms with Crippen molar-refractivity contribution in [2.24, 2.45) is 23.7 Å². The highest BCUT2D eigenvalue weighted by Gasteiger charge is 2.30. The Morgan fingerprint density at radius 2 is 0.475 bits per heavy atom. The normalized spacial score (nSPS) is 14.8. The summed E-state index contributed by atoms with van der Waals surface area (Å²) in [7, 11) is -9.92. The molecule has 3 N–H and O–H groups in total. The maximum absolute atomic E-state index is 13.1. The first-order valence-corrected chi connectivity index (χ1v) is 45.3. The minimum absolute atomic E-state index is 0.106. The fourth-order valence-corrected chi connectivity index (χ4v) is 14.1. The van der Waals surface area contributed by atoms with E-state index in [1.807, 2.05) is 0 Å². The highest BCUT2D eigenvalue weighted by atomic mass is 31.2. The third-order valence-electron chi connectivity index (χ3n) is 20.2. The minimum Gasteiger partial charge on any atom is -0.462 e. The van der Waals surface area contributed by atoms with Crippen molar-refractivity contribution in [3.05, 3.63) is 0 Å². The van der Waals surface area contributed by atoms with Gasteiger partial charge in [0.1, 0.15) is 19.3 Å². The number of rotatable bonds is 79. The molecule has 101 heavy (non-hydrogen) atoms. The average Bonchev–Trinajstić information content (AvgIpc) is 0.938. The zero-order valence-electron chi connectivity index (χ0n) is 66.5. The topological polar surface area (TPSA) is 237 Å². The summed E-state index contributed by atoms with van der Waals surface area (Å²) < 4.78 is 68.8. The van der Waals surface area contributed by atoms with E-state index in [9.17, 15) is 43.2 Å². The summed E-state index contributed by atoms with van der Waals surface area (Å²) in [6, 6.07) is 0. The number of phosphoric ester groups is 2. The monoisotopic (exact) mass is 1480 g/mol. The second-order valence-corrected chi connectivity index (χ2v) is 33.6. The van der Waals surface area contributed by atoms with E-state index in [4.69, 9.17) is 37.0 Å². The largest absolute Gasteiger partial charge is 0.472 e. The molecule has 0 aromatic carbocycles. The van der Waals surface area contributed by atoms with Crippen molar-refractivity contribution in [1.29, 1.82) is 0 Å². The molecule has 0 heterocycles. The van der Waals surface area contributed by atoms with Crippen LogP contribution in [0, 0.1) is 23.7 Å². The van der Waals surface area contributed by atoms with Gasteiger partial charge in [0.05, 0.1) is 26.4 Å². The lowest BCUT2D eigenvalue weighted by Gasteiger charge is -2.21. The number of carbonyl (C=O) groups is 4. The van der Waals surface area contributed by atoms with Gasteiger partial charge >= 0.3 is 39.5 Å². The Labute approximate surface area is 619 Å². The third kappa shape index (κ3) is 72.1. The molecule has 0 aliphatic rings. The van der Waals surface area contributed by atoms with Crippen molar-refractivity contribution < 1.29 is 80.2 Å². The molecule has 0 spiro atoms. The molecule has 0 radical (unpaired) electrons. The highest BCUT2D eigenvalue weighted by Crippen LogP contribution is 2.45. The fraction of sp³-hybridized carbons (Fsp3) is 0.951. The van der Waals surface area contributed by atoms with E-state index in [0.717, 1.165) is 120 Å². The molecular formula is C82H160O17P2. The molecule has 600 valence electrons. The molecule has 0 aliphatic heterocycles. The Bertz CT molecular complexity index is 1980. The smallest absolute Gasteiger partial charge is 0.462 e. The number of aliphatic hydroxyl groups is 1. The van der Waals surface area contributed by atoms with Crippen molar-refractivity contribution in [3.63, 3.8) is 0 Å². The molecule has 0 aliphatic carbocycles. The predicted octanol–water partition coefficient (Wildman–Crippen LogP) is 24.4. The molecule has 0 rings (SSSR count). The maximum atomic E-state index is 13.1. The minimum atomic E-state index is -4.96. The lowest BCUT2D eigenvalue weighted by atomic mass is 9.99. The number of ether oxygens (including phenoxy) is 4. The van der Waals surface area contributed by atoms with Crippen molar-refractivity contribution in [3.8, 4) is 0 Å². The summed E-state index contributed by atoms with van der Waals surface area (Å²) in [6.45, 7) is 14.3. The van der Waals surface area contributed by atoms with Crippen LogP contribution in [0.15, 0.2) is 0 Å². The molecule has 0 saturated carbocycles. The van der Waals surface area contributed by atoms with Gasteiger partial charge in [-0.2, -0.15) is 0 Å². The van der Waals surface area contributed by atoms with Crippen LogP contribution in [0.2, 0.25) is 0 Å². The highest BCUT2D eigenvalue weighted by molar-refractivity contribution is 7.47. The van der Waals surface area contributed by atoms with Gasteiger partial charge in [-0.3, -0.25) is 37.3 Å². The Hall–Kier alpha value is -1.94. The van der Waals surface area contributed by atoms with E-state index >= 15 is 0 Å². The molecular weight excluding hydrogens is 1320 g/mol. The molecule has 0 amide bonds. The van der Waals surface area contributed by atoms with Crippen LogP contribution >= 0.6 is 15.6 Å². The van der Waals surface area contributed by atoms with Crippen LogP contribution in [0.5, 0.6) is 0 Å². The summed E-state index contributed by atoms with van der Waals surface area (Å²) in [5, 5.41) is 10.6. The van der Waals surface area contributed by atoms with Gasteiger partial charge in [-0.25, -0.2) is 9.13 Å². The number of hydrogen-bond acceptors (Lipinski definition) is 15. The molecule has 0 aromatic rings. The first kappa shape index (κ1) is 99.1. The van der Waals surface area contributed by atoms with Gasteiger partial charge in [-0.15, -0.1) is 0 Å². The summed E-state index contributed by atoms with van der Waals surface area (Å²) in [4.78, 5) is 73.1. The Morgan fingerprint density at radius 1 is 0.277 bits per heavy atom. The first-order chi connectivity index (χ1) is 48.7. The van der Waals surface area contributed by atoms with E-state index < -0.39 is 97.5 Å². The van der Waals surface area contributed by atoms with Crippen LogP contribution in [-0.4, -0.2) is 96.7 Å². The van der Waals surface area contributed by atoms with Gasteiger partial charge in [0.15, 0.2) is 12.2 Å². The summed E-state index contributed by atoms with van der Waals surface area (Å²) in [5.74, 6) is 1.08. The van der Waals surface area contributed by atoms with E-state index in [2.05, 4.69) is 55.4 Å². The van der Waals surface area contributed by atoms with Crippen molar-refractivity contribution in [2.45, 2.75) is 440 Å². The van der Waals surface area contributed by atoms with E-state index in [0.29, 0.717) is 25.7 Å². The Kier molecular flexibility index (Phi) is 69.6. The summed E-state index contributed by atoms with van der Waals surface area (Å²) >= 11 is 0. The number of hydrogen-bond donors (Lipinski definition) is 3. The fourth-order valence-electron chi connectivity index (χ4n) is 12.5. The van der Waals surface area contributed by atoms with E-state index in [-0.39, 0.29) is 25.7 Å². The molecule has 19 heteroatoms. The zero-order valence-corrected chi connectivity index (χ0v) is 68.3. The molecule has 5 unspecified atom stereocenters. The van der Waals surface area contributed by atoms with Gasteiger partial charge in [-0.1, -0.05) is 370 Å². The number of esters is 4. The van der Waals surface area contributed by atoms with Gasteiger partial charge in [-0.05, 0) is 49.4 Å². The lowest BCUT2D eigenvalue weighted by molar-refractivity contribution is -0.161. The Balaban J connectivity index is 5.23. The van der Waals surface area contributed by atoms with Crippen LogP contribution in [0.25, 0.3) is 0 Å². The molecule has 0 saturated heterocycles. The van der Waals surface area contributed by atoms with Crippen LogP contribution in [0.1, 0.15) is 421 Å². The molecule has 0 aromatic heterocycles. The molecule has 0 fully saturated rings. The van der Waals surface area contributed by atoms with Crippen molar-refractivity contribution >= 4 is 39.5 Å². The lowest BCUT2D eigenvalue weighted by Crippen LogP contribution is -2.30. The Morgan fingerprint density at radius 3 is 0.703 bits per heavy atom. The van der Waals surface area contributed by atoms with Gasteiger partial charge < -0.3 is 33.8 Å². The van der Waals surface area contributed by atoms with Gasteiger partial charge in [0.25, 0.3) is 0 Å². The van der Waals surface area contributed by atoms with Crippen LogP contribution < -0.4 is 0 Å². The maximum Gasteiger partial charge on any atom is 0.472 e. The number of phosphoric acid groups is 2. The van der Waals surface area contributed by atoms with Crippen molar-refractivity contribution in [1.82, 2.24) is 0 Å². The summed E-state index contributed by atoms with van der Waals surface area (Å²) in [5.41, 5.74) is 0. The van der Waals surface area contributed by atoms with E-state index in [1.165, 1.54) is 218 Å². The second kappa shape index (κ2) is 71.0. The van der Waals surface area contributed by atoms with Crippen molar-refractivity contribution in [2.75, 3.05) is 39.6 Å². The quantitative estimate of drug-likeness (QED) is 0.0222. The molecule has 8 atom stereocenters.